The van der Waals surface area contributed by atoms with E-state index in [0.717, 1.165) is 37.4 Å². The Bertz CT molecular complexity index is 2960. The topological polar surface area (TPSA) is 251 Å². The van der Waals surface area contributed by atoms with Crippen molar-refractivity contribution >= 4 is 56.6 Å². The summed E-state index contributed by atoms with van der Waals surface area (Å²) < 4.78 is 25.4. The molecule has 20 heteroatoms. The van der Waals surface area contributed by atoms with Crippen molar-refractivity contribution in [2.24, 2.45) is 11.5 Å². The molecule has 0 spiro atoms. The Morgan fingerprint density at radius 3 is 2.15 bits per heavy atom. The molecule has 0 saturated carbocycles. The monoisotopic (exact) mass is 901 g/mol. The summed E-state index contributed by atoms with van der Waals surface area (Å²) >= 11 is 0. The van der Waals surface area contributed by atoms with Crippen LogP contribution in [0.4, 0.5) is 5.95 Å². The molecule has 0 atom stereocenters. The number of aliphatic hydroxyl groups is 1. The third-order valence-corrected chi connectivity index (χ3v) is 11.4. The zero-order valence-electron chi connectivity index (χ0n) is 37.6. The molecule has 3 amide bonds. The number of nitrogens with two attached hydrogens (primary N) is 2. The van der Waals surface area contributed by atoms with Crippen molar-refractivity contribution in [1.82, 2.24) is 48.5 Å². The minimum atomic E-state index is -0.679. The highest BCUT2D eigenvalue weighted by Gasteiger charge is 2.24. The lowest BCUT2D eigenvalue weighted by Gasteiger charge is -2.26. The SMILES string of the molecule is CCn1nc(C)cc1C(=O)Nc1nc2cc(C(N)=O)cc(OCCCO)c2n1C/C=C/Cn1c2nc(-c3cc(C)nn3CC)ncc2c2cc(C(N)=O)cc(OCCCN3CCOCC3)c21. The summed E-state index contributed by atoms with van der Waals surface area (Å²) in [6.45, 7) is 13.6. The molecule has 5 aromatic heterocycles. The number of carbonyl (C=O) groups is 3. The van der Waals surface area contributed by atoms with Crippen LogP contribution in [0.3, 0.4) is 0 Å². The number of rotatable bonds is 20. The maximum atomic E-state index is 13.8. The summed E-state index contributed by atoms with van der Waals surface area (Å²) in [4.78, 5) is 56.1. The number of nitrogens with one attached hydrogen (secondary N) is 1. The van der Waals surface area contributed by atoms with E-state index in [1.165, 1.54) is 6.07 Å². The number of allylic oxidation sites excluding steroid dienone is 2. The zero-order valence-corrected chi connectivity index (χ0v) is 37.6. The van der Waals surface area contributed by atoms with Gasteiger partial charge in [0.15, 0.2) is 5.82 Å². The average Bonchev–Trinajstić information content (AvgIpc) is 4.07. The molecule has 346 valence electrons. The summed E-state index contributed by atoms with van der Waals surface area (Å²) in [5.41, 5.74) is 16.9. The van der Waals surface area contributed by atoms with Gasteiger partial charge in [0.1, 0.15) is 34.1 Å². The molecule has 1 saturated heterocycles. The van der Waals surface area contributed by atoms with Gasteiger partial charge in [-0.05, 0) is 70.5 Å². The second-order valence-electron chi connectivity index (χ2n) is 16.0. The van der Waals surface area contributed by atoms with E-state index in [0.29, 0.717) is 107 Å². The van der Waals surface area contributed by atoms with Crippen molar-refractivity contribution in [3.8, 4) is 23.0 Å². The average molecular weight is 902 g/mol. The van der Waals surface area contributed by atoms with Crippen LogP contribution < -0.4 is 26.3 Å². The second-order valence-corrected chi connectivity index (χ2v) is 16.0. The maximum absolute atomic E-state index is 13.8. The number of aromatic nitrogens is 9. The van der Waals surface area contributed by atoms with Crippen LogP contribution in [0.2, 0.25) is 0 Å². The number of amides is 3. The molecule has 7 aromatic rings. The first-order valence-electron chi connectivity index (χ1n) is 22.2. The number of carbonyl (C=O) groups excluding carboxylic acids is 3. The number of hydrogen-bond acceptors (Lipinski definition) is 13. The lowest BCUT2D eigenvalue weighted by molar-refractivity contribution is 0.0358. The fraction of sp³-hybridized carbons (Fsp3) is 0.391. The van der Waals surface area contributed by atoms with Crippen LogP contribution in [0.15, 0.2) is 54.7 Å². The normalized spacial score (nSPS) is 13.4. The van der Waals surface area contributed by atoms with Crippen molar-refractivity contribution in [2.75, 3.05) is 58.0 Å². The number of aliphatic hydroxyl groups excluding tert-OH is 1. The number of morpholine rings is 1. The van der Waals surface area contributed by atoms with Crippen molar-refractivity contribution < 1.29 is 33.7 Å². The van der Waals surface area contributed by atoms with Gasteiger partial charge in [-0.1, -0.05) is 12.2 Å². The Balaban J connectivity index is 1.21. The molecule has 0 unspecified atom stereocenters. The van der Waals surface area contributed by atoms with Crippen molar-refractivity contribution in [1.29, 1.82) is 0 Å². The van der Waals surface area contributed by atoms with E-state index >= 15 is 0 Å². The summed E-state index contributed by atoms with van der Waals surface area (Å²) in [7, 11) is 0. The molecule has 8 rings (SSSR count). The minimum absolute atomic E-state index is 0.103. The first kappa shape index (κ1) is 45.4. The van der Waals surface area contributed by atoms with E-state index in [9.17, 15) is 19.5 Å². The van der Waals surface area contributed by atoms with E-state index in [1.54, 1.807) is 39.7 Å². The molecule has 0 aliphatic carbocycles. The zero-order chi connectivity index (χ0) is 46.5. The van der Waals surface area contributed by atoms with Gasteiger partial charge in [-0.2, -0.15) is 10.2 Å². The summed E-state index contributed by atoms with van der Waals surface area (Å²) in [5, 5.41) is 23.0. The van der Waals surface area contributed by atoms with E-state index in [-0.39, 0.29) is 37.8 Å². The largest absolute Gasteiger partial charge is 0.491 e. The molecule has 1 fully saturated rings. The number of hydrogen-bond donors (Lipinski definition) is 4. The first-order chi connectivity index (χ1) is 32.0. The number of nitrogens with zero attached hydrogens (tertiary/aromatic N) is 10. The summed E-state index contributed by atoms with van der Waals surface area (Å²) in [6.07, 6.45) is 6.73. The third-order valence-electron chi connectivity index (χ3n) is 11.4. The van der Waals surface area contributed by atoms with Crippen molar-refractivity contribution in [3.05, 3.63) is 83.0 Å². The molecule has 1 aliphatic heterocycles. The van der Waals surface area contributed by atoms with Crippen LogP contribution in [0.5, 0.6) is 11.5 Å². The van der Waals surface area contributed by atoms with E-state index in [2.05, 4.69) is 20.4 Å². The van der Waals surface area contributed by atoms with Gasteiger partial charge in [0, 0.05) is 86.9 Å². The number of primary amides is 2. The van der Waals surface area contributed by atoms with Gasteiger partial charge >= 0.3 is 0 Å². The second kappa shape index (κ2) is 19.9. The summed E-state index contributed by atoms with van der Waals surface area (Å²) in [6, 6.07) is 10.2. The van der Waals surface area contributed by atoms with Crippen molar-refractivity contribution in [3.63, 3.8) is 0 Å². The Kier molecular flexibility index (Phi) is 13.7. The van der Waals surface area contributed by atoms with Crippen LogP contribution in [-0.4, -0.2) is 124 Å². The fourth-order valence-electron chi connectivity index (χ4n) is 8.28. The quantitative estimate of drug-likeness (QED) is 0.0619. The smallest absolute Gasteiger partial charge is 0.276 e. The predicted octanol–water partition coefficient (Wildman–Crippen LogP) is 4.22. The highest BCUT2D eigenvalue weighted by Crippen LogP contribution is 2.37. The van der Waals surface area contributed by atoms with Crippen LogP contribution in [0, 0.1) is 13.8 Å². The number of anilines is 1. The number of imidazole rings is 1. The first-order valence-corrected chi connectivity index (χ1v) is 22.2. The fourth-order valence-corrected chi connectivity index (χ4v) is 8.28. The number of ether oxygens (including phenoxy) is 3. The standard InChI is InChI=1S/C46H55N13O7/c1-5-58-35(21-28(3)53-58)43-49-27-33-32-23-30(41(47)61)25-37(65-17-9-11-55-14-19-64-20-15-55)39(32)56(44(33)51-43)12-7-8-13-57-40-34(24-31(42(48)62)26-38(40)66-18-10-16-60)50-46(57)52-45(63)36-22-29(4)54-59(36)6-2/h7-8,21-27,60H,5-6,9-20H2,1-4H3,(H2,47,61)(H2,48,62)(H,50,52,63)/b8-7+. The van der Waals surface area contributed by atoms with Crippen LogP contribution in [-0.2, 0) is 30.9 Å². The number of benzene rings is 2. The van der Waals surface area contributed by atoms with E-state index < -0.39 is 17.7 Å². The predicted molar refractivity (Wildman–Crippen MR) is 248 cm³/mol. The van der Waals surface area contributed by atoms with Crippen LogP contribution in [0.25, 0.3) is 44.5 Å². The Morgan fingerprint density at radius 2 is 1.45 bits per heavy atom. The van der Waals surface area contributed by atoms with Gasteiger partial charge < -0.3 is 39.9 Å². The van der Waals surface area contributed by atoms with E-state index in [4.69, 9.17) is 40.6 Å². The number of aryl methyl sites for hydroxylation is 4. The highest BCUT2D eigenvalue weighted by atomic mass is 16.5. The summed E-state index contributed by atoms with van der Waals surface area (Å²) in [5.74, 6) is -0.241. The van der Waals surface area contributed by atoms with Crippen LogP contribution >= 0.6 is 0 Å². The van der Waals surface area contributed by atoms with Gasteiger partial charge in [-0.25, -0.2) is 15.0 Å². The Morgan fingerprint density at radius 1 is 0.803 bits per heavy atom. The molecule has 0 bridgehead atoms. The van der Waals surface area contributed by atoms with Gasteiger partial charge in [0.25, 0.3) is 5.91 Å². The van der Waals surface area contributed by atoms with Crippen molar-refractivity contribution in [2.45, 2.75) is 66.7 Å². The lowest BCUT2D eigenvalue weighted by atomic mass is 10.1. The van der Waals surface area contributed by atoms with Gasteiger partial charge in [0.05, 0.1) is 48.8 Å². The van der Waals surface area contributed by atoms with Gasteiger partial charge in [-0.15, -0.1) is 0 Å². The Hall–Kier alpha value is -7.16. The van der Waals surface area contributed by atoms with Crippen LogP contribution in [0.1, 0.15) is 69.3 Å². The highest BCUT2D eigenvalue weighted by molar-refractivity contribution is 6.12. The minimum Gasteiger partial charge on any atom is -0.491 e. The Labute approximate surface area is 380 Å². The lowest BCUT2D eigenvalue weighted by Crippen LogP contribution is -2.37. The molecule has 66 heavy (non-hydrogen) atoms. The molecule has 6 heterocycles. The molecule has 1 aliphatic rings. The molecule has 0 radical (unpaired) electrons. The third kappa shape index (κ3) is 9.46. The molecule has 6 N–H and O–H groups in total. The molecule has 2 aromatic carbocycles. The number of fused-ring (bicyclic) bond motifs is 4. The molecule has 20 nitrogen and oxygen atoms in total. The van der Waals surface area contributed by atoms with E-state index in [1.807, 2.05) is 55.2 Å². The molecular weight excluding hydrogens is 847 g/mol. The van der Waals surface area contributed by atoms with Gasteiger partial charge in [-0.3, -0.25) is 34.0 Å². The maximum Gasteiger partial charge on any atom is 0.276 e. The molecular formula is C46H55N13O7. The van der Waals surface area contributed by atoms with Gasteiger partial charge in [0.2, 0.25) is 17.8 Å².